The van der Waals surface area contributed by atoms with Gasteiger partial charge in [-0.25, -0.2) is 4.79 Å². The highest BCUT2D eigenvalue weighted by molar-refractivity contribution is 9.10. The summed E-state index contributed by atoms with van der Waals surface area (Å²) < 4.78 is 0.948. The van der Waals surface area contributed by atoms with Crippen LogP contribution in [-0.2, 0) is 0 Å². The van der Waals surface area contributed by atoms with Crippen molar-refractivity contribution in [3.63, 3.8) is 0 Å². The normalized spacial score (nSPS) is 11.2. The zero-order chi connectivity index (χ0) is 14.5. The third-order valence-electron chi connectivity index (χ3n) is 3.41. The van der Waals surface area contributed by atoms with E-state index in [2.05, 4.69) is 26.6 Å². The fourth-order valence-corrected chi connectivity index (χ4v) is 2.02. The molecule has 5 heteroatoms. The molecule has 1 aromatic carbocycles. The fourth-order valence-electron chi connectivity index (χ4n) is 1.65. The van der Waals surface area contributed by atoms with E-state index >= 15 is 0 Å². The average molecular weight is 329 g/mol. The molecule has 3 N–H and O–H groups in total. The number of carbonyl (C=O) groups excluding carboxylic acids is 1. The second-order valence-electron chi connectivity index (χ2n) is 4.65. The Morgan fingerprint density at radius 2 is 2.00 bits per heavy atom. The van der Waals surface area contributed by atoms with Crippen LogP contribution in [0.1, 0.15) is 32.3 Å². The molecule has 19 heavy (non-hydrogen) atoms. The van der Waals surface area contributed by atoms with E-state index in [0.29, 0.717) is 12.8 Å². The summed E-state index contributed by atoms with van der Waals surface area (Å²) in [5, 5.41) is 15.6. The largest absolute Gasteiger partial charge is 0.388 e. The highest BCUT2D eigenvalue weighted by Gasteiger charge is 2.22. The lowest BCUT2D eigenvalue weighted by atomic mass is 9.98. The zero-order valence-electron chi connectivity index (χ0n) is 11.6. The monoisotopic (exact) mass is 328 g/mol. The number of amides is 2. The lowest BCUT2D eigenvalue weighted by Gasteiger charge is -2.25. The molecule has 0 heterocycles. The number of rotatable bonds is 5. The van der Waals surface area contributed by atoms with Gasteiger partial charge in [0.1, 0.15) is 0 Å². The van der Waals surface area contributed by atoms with Crippen LogP contribution in [-0.4, -0.2) is 23.3 Å². The van der Waals surface area contributed by atoms with E-state index in [1.165, 1.54) is 0 Å². The lowest BCUT2D eigenvalue weighted by molar-refractivity contribution is 0.0354. The van der Waals surface area contributed by atoms with E-state index in [9.17, 15) is 9.90 Å². The zero-order valence-corrected chi connectivity index (χ0v) is 13.2. The fraction of sp³-hybridized carbons (Fsp3) is 0.500. The molecule has 1 aromatic rings. The quantitative estimate of drug-likeness (QED) is 0.775. The van der Waals surface area contributed by atoms with Gasteiger partial charge >= 0.3 is 6.03 Å². The van der Waals surface area contributed by atoms with E-state index in [1.807, 2.05) is 39.0 Å². The molecule has 0 bridgehead atoms. The van der Waals surface area contributed by atoms with E-state index < -0.39 is 5.60 Å². The highest BCUT2D eigenvalue weighted by Crippen LogP contribution is 2.23. The van der Waals surface area contributed by atoms with Crippen LogP contribution in [0.3, 0.4) is 0 Å². The maximum absolute atomic E-state index is 11.8. The molecule has 0 saturated heterocycles. The predicted molar refractivity (Wildman–Crippen MR) is 81.4 cm³/mol. The Morgan fingerprint density at radius 1 is 1.37 bits per heavy atom. The van der Waals surface area contributed by atoms with Gasteiger partial charge in [0.05, 0.1) is 5.60 Å². The first-order valence-electron chi connectivity index (χ1n) is 6.44. The van der Waals surface area contributed by atoms with Crippen molar-refractivity contribution in [2.75, 3.05) is 11.9 Å². The topological polar surface area (TPSA) is 61.4 Å². The third kappa shape index (κ3) is 4.51. The Morgan fingerprint density at radius 3 is 2.58 bits per heavy atom. The first-order chi connectivity index (χ1) is 8.91. The molecular formula is C14H21BrN2O2. The smallest absolute Gasteiger partial charge is 0.319 e. The summed E-state index contributed by atoms with van der Waals surface area (Å²) in [5.74, 6) is 0. The number of urea groups is 1. The van der Waals surface area contributed by atoms with Gasteiger partial charge in [-0.3, -0.25) is 0 Å². The first-order valence-corrected chi connectivity index (χ1v) is 7.23. The Labute approximate surface area is 122 Å². The molecule has 0 radical (unpaired) electrons. The van der Waals surface area contributed by atoms with Crippen molar-refractivity contribution < 1.29 is 9.90 Å². The minimum atomic E-state index is -0.830. The molecule has 4 nitrogen and oxygen atoms in total. The maximum Gasteiger partial charge on any atom is 0.319 e. The molecule has 1 rings (SSSR count). The van der Waals surface area contributed by atoms with Crippen molar-refractivity contribution in [1.82, 2.24) is 5.32 Å². The molecule has 0 aliphatic rings. The molecule has 0 spiro atoms. The van der Waals surface area contributed by atoms with Crippen molar-refractivity contribution >= 4 is 27.6 Å². The summed E-state index contributed by atoms with van der Waals surface area (Å²) >= 11 is 3.42. The number of carbonyl (C=O) groups is 1. The van der Waals surface area contributed by atoms with Crippen LogP contribution in [0.4, 0.5) is 10.5 Å². The summed E-state index contributed by atoms with van der Waals surface area (Å²) in [7, 11) is 0. The standard InChI is InChI=1S/C14H21BrN2O2/c1-4-14(19,5-2)9-16-13(18)17-12-8-6-7-11(15)10(12)3/h6-8,19H,4-5,9H2,1-3H3,(H2,16,17,18). The van der Waals surface area contributed by atoms with Crippen LogP contribution in [0.25, 0.3) is 0 Å². The summed E-state index contributed by atoms with van der Waals surface area (Å²) in [6, 6.07) is 5.32. The van der Waals surface area contributed by atoms with Crippen LogP contribution in [0.2, 0.25) is 0 Å². The van der Waals surface area contributed by atoms with E-state index in [0.717, 1.165) is 15.7 Å². The average Bonchev–Trinajstić information content (AvgIpc) is 2.41. The lowest BCUT2D eigenvalue weighted by Crippen LogP contribution is -2.43. The Hall–Kier alpha value is -1.07. The molecule has 2 amide bonds. The number of anilines is 1. The molecule has 0 atom stereocenters. The first kappa shape index (κ1) is 16.0. The molecule has 0 aromatic heterocycles. The molecule has 0 fully saturated rings. The maximum atomic E-state index is 11.8. The minimum Gasteiger partial charge on any atom is -0.388 e. The molecule has 106 valence electrons. The van der Waals surface area contributed by atoms with Crippen LogP contribution in [0.5, 0.6) is 0 Å². The van der Waals surface area contributed by atoms with Gasteiger partial charge < -0.3 is 15.7 Å². The van der Waals surface area contributed by atoms with Crippen LogP contribution < -0.4 is 10.6 Å². The number of aliphatic hydroxyl groups is 1. The molecule has 0 aliphatic heterocycles. The molecule has 0 aliphatic carbocycles. The number of hydrogen-bond acceptors (Lipinski definition) is 2. The van der Waals surface area contributed by atoms with E-state index in [1.54, 1.807) is 0 Å². The van der Waals surface area contributed by atoms with Gasteiger partial charge in [-0.05, 0) is 37.5 Å². The van der Waals surface area contributed by atoms with Gasteiger partial charge in [-0.1, -0.05) is 35.8 Å². The summed E-state index contributed by atoms with van der Waals surface area (Å²) in [6.45, 7) is 5.98. The summed E-state index contributed by atoms with van der Waals surface area (Å²) in [5.41, 5.74) is 0.895. The Kier molecular flexibility index (Phi) is 5.82. The van der Waals surface area contributed by atoms with Gasteiger partial charge in [-0.2, -0.15) is 0 Å². The minimum absolute atomic E-state index is 0.249. The van der Waals surface area contributed by atoms with Gasteiger partial charge in [0.2, 0.25) is 0 Å². The van der Waals surface area contributed by atoms with Crippen molar-refractivity contribution in [3.8, 4) is 0 Å². The van der Waals surface area contributed by atoms with Crippen LogP contribution in [0.15, 0.2) is 22.7 Å². The predicted octanol–water partition coefficient (Wildman–Crippen LogP) is 3.43. The second-order valence-corrected chi connectivity index (χ2v) is 5.51. The highest BCUT2D eigenvalue weighted by atomic mass is 79.9. The van der Waals surface area contributed by atoms with Gasteiger partial charge in [0.15, 0.2) is 0 Å². The van der Waals surface area contributed by atoms with Gasteiger partial charge in [0, 0.05) is 16.7 Å². The van der Waals surface area contributed by atoms with Gasteiger partial charge in [-0.15, -0.1) is 0 Å². The Bertz CT molecular complexity index is 445. The van der Waals surface area contributed by atoms with Crippen LogP contribution in [0, 0.1) is 6.92 Å². The molecule has 0 unspecified atom stereocenters. The van der Waals surface area contributed by atoms with Crippen molar-refractivity contribution in [1.29, 1.82) is 0 Å². The SMILES string of the molecule is CCC(O)(CC)CNC(=O)Nc1cccc(Br)c1C. The van der Waals surface area contributed by atoms with Gasteiger partial charge in [0.25, 0.3) is 0 Å². The van der Waals surface area contributed by atoms with Crippen molar-refractivity contribution in [3.05, 3.63) is 28.2 Å². The number of nitrogens with one attached hydrogen (secondary N) is 2. The third-order valence-corrected chi connectivity index (χ3v) is 4.27. The van der Waals surface area contributed by atoms with E-state index in [4.69, 9.17) is 0 Å². The van der Waals surface area contributed by atoms with Crippen molar-refractivity contribution in [2.24, 2.45) is 0 Å². The summed E-state index contributed by atoms with van der Waals surface area (Å²) in [4.78, 5) is 11.8. The summed E-state index contributed by atoms with van der Waals surface area (Å²) in [6.07, 6.45) is 1.22. The Balaban J connectivity index is 2.59. The number of halogens is 1. The van der Waals surface area contributed by atoms with E-state index in [-0.39, 0.29) is 12.6 Å². The molecular weight excluding hydrogens is 308 g/mol. The molecule has 0 saturated carbocycles. The van der Waals surface area contributed by atoms with Crippen molar-refractivity contribution in [2.45, 2.75) is 39.2 Å². The number of hydrogen-bond donors (Lipinski definition) is 3. The second kappa shape index (κ2) is 6.91. The van der Waals surface area contributed by atoms with Crippen LogP contribution >= 0.6 is 15.9 Å². The number of benzene rings is 1.